The normalized spacial score (nSPS) is 18.0. The Morgan fingerprint density at radius 3 is 2.57 bits per heavy atom. The summed E-state index contributed by atoms with van der Waals surface area (Å²) >= 11 is 0. The van der Waals surface area contributed by atoms with E-state index in [4.69, 9.17) is 4.74 Å². The van der Waals surface area contributed by atoms with Gasteiger partial charge in [0, 0.05) is 12.2 Å². The van der Waals surface area contributed by atoms with Crippen molar-refractivity contribution in [1.29, 1.82) is 0 Å². The van der Waals surface area contributed by atoms with E-state index in [1.807, 2.05) is 37.3 Å². The molecule has 0 spiro atoms. The molecule has 0 fully saturated rings. The van der Waals surface area contributed by atoms with Crippen LogP contribution in [0, 0.1) is 0 Å². The van der Waals surface area contributed by atoms with Crippen LogP contribution in [-0.4, -0.2) is 30.1 Å². The number of amides is 2. The summed E-state index contributed by atoms with van der Waals surface area (Å²) in [5.41, 5.74) is 2.06. The van der Waals surface area contributed by atoms with E-state index in [9.17, 15) is 9.59 Å². The molecule has 0 saturated carbocycles. The molecule has 1 N–H and O–H groups in total. The Balaban J connectivity index is 2.44. The Kier molecular flexibility index (Phi) is 5.79. The van der Waals surface area contributed by atoms with Gasteiger partial charge in [0.2, 0.25) is 0 Å². The second-order valence-corrected chi connectivity index (χ2v) is 5.52. The number of ether oxygens (including phenoxy) is 1. The quantitative estimate of drug-likeness (QED) is 0.818. The van der Waals surface area contributed by atoms with Crippen LogP contribution in [0.4, 0.5) is 4.79 Å². The molecule has 0 aromatic heterocycles. The fraction of sp³-hybridized carbons (Fsp3) is 0.444. The molecule has 1 aliphatic heterocycles. The molecule has 23 heavy (non-hydrogen) atoms. The van der Waals surface area contributed by atoms with Gasteiger partial charge in [-0.05, 0) is 25.8 Å². The summed E-state index contributed by atoms with van der Waals surface area (Å²) in [7, 11) is 0. The van der Waals surface area contributed by atoms with Crippen molar-refractivity contribution in [3.8, 4) is 0 Å². The van der Waals surface area contributed by atoms with Gasteiger partial charge in [-0.2, -0.15) is 0 Å². The molecule has 1 aliphatic rings. The number of esters is 1. The van der Waals surface area contributed by atoms with Crippen molar-refractivity contribution in [2.24, 2.45) is 0 Å². The fourth-order valence-corrected chi connectivity index (χ4v) is 2.74. The summed E-state index contributed by atoms with van der Waals surface area (Å²) in [6, 6.07) is 8.85. The second-order valence-electron chi connectivity index (χ2n) is 5.52. The van der Waals surface area contributed by atoms with Crippen molar-refractivity contribution in [3.05, 3.63) is 47.2 Å². The number of rotatable bonds is 6. The lowest BCUT2D eigenvalue weighted by atomic mass is 9.95. The highest BCUT2D eigenvalue weighted by molar-refractivity contribution is 5.95. The summed E-state index contributed by atoms with van der Waals surface area (Å²) in [5, 5.41) is 2.94. The molecule has 0 radical (unpaired) electrons. The molecule has 5 nitrogen and oxygen atoms in total. The Hall–Kier alpha value is -2.30. The van der Waals surface area contributed by atoms with Gasteiger partial charge in [-0.1, -0.05) is 43.7 Å². The van der Waals surface area contributed by atoms with Crippen LogP contribution in [0.25, 0.3) is 0 Å². The number of carbonyl (C=O) groups excluding carboxylic acids is 2. The van der Waals surface area contributed by atoms with E-state index in [2.05, 4.69) is 12.2 Å². The van der Waals surface area contributed by atoms with Crippen molar-refractivity contribution < 1.29 is 14.3 Å². The lowest BCUT2D eigenvalue weighted by molar-refractivity contribution is -0.139. The third-order valence-corrected chi connectivity index (χ3v) is 3.96. The standard InChI is InChI=1S/C18H24N2O3/c1-4-6-12-20-13(3)15(17(21)23-5-2)16(19-18(20)22)14-10-8-7-9-11-14/h7-11,16H,4-6,12H2,1-3H3,(H,19,22)/t16-/m0/s1. The summed E-state index contributed by atoms with van der Waals surface area (Å²) in [6.45, 7) is 6.57. The zero-order valence-electron chi connectivity index (χ0n) is 14.0. The molecule has 2 rings (SSSR count). The first kappa shape index (κ1) is 17.1. The van der Waals surface area contributed by atoms with E-state index in [0.717, 1.165) is 18.4 Å². The Morgan fingerprint density at radius 1 is 1.26 bits per heavy atom. The van der Waals surface area contributed by atoms with Crippen LogP contribution in [0.3, 0.4) is 0 Å². The maximum absolute atomic E-state index is 12.5. The summed E-state index contributed by atoms with van der Waals surface area (Å²) in [5.74, 6) is -0.375. The summed E-state index contributed by atoms with van der Waals surface area (Å²) in [6.07, 6.45) is 1.87. The van der Waals surface area contributed by atoms with E-state index in [1.165, 1.54) is 0 Å². The van der Waals surface area contributed by atoms with Gasteiger partial charge in [0.15, 0.2) is 0 Å². The number of hydrogen-bond acceptors (Lipinski definition) is 3. The number of nitrogens with one attached hydrogen (secondary N) is 1. The topological polar surface area (TPSA) is 58.6 Å². The fourth-order valence-electron chi connectivity index (χ4n) is 2.74. The van der Waals surface area contributed by atoms with Gasteiger partial charge in [-0.15, -0.1) is 0 Å². The molecule has 2 amide bonds. The number of urea groups is 1. The maximum Gasteiger partial charge on any atom is 0.338 e. The number of hydrogen-bond donors (Lipinski definition) is 1. The predicted octanol–water partition coefficient (Wildman–Crippen LogP) is 3.39. The van der Waals surface area contributed by atoms with Crippen LogP contribution in [0.1, 0.15) is 45.2 Å². The minimum absolute atomic E-state index is 0.169. The van der Waals surface area contributed by atoms with Crippen LogP contribution in [0.15, 0.2) is 41.6 Å². The molecule has 1 aromatic carbocycles. The first-order valence-electron chi connectivity index (χ1n) is 8.11. The van der Waals surface area contributed by atoms with Gasteiger partial charge in [0.05, 0.1) is 18.2 Å². The average Bonchev–Trinajstić information content (AvgIpc) is 2.55. The third kappa shape index (κ3) is 3.73. The van der Waals surface area contributed by atoms with Crippen LogP contribution in [0.5, 0.6) is 0 Å². The molecule has 0 unspecified atom stereocenters. The minimum Gasteiger partial charge on any atom is -0.463 e. The smallest absolute Gasteiger partial charge is 0.338 e. The second kappa shape index (κ2) is 7.81. The average molecular weight is 316 g/mol. The zero-order valence-corrected chi connectivity index (χ0v) is 14.0. The molecule has 1 aromatic rings. The number of unbranched alkanes of at least 4 members (excludes halogenated alkanes) is 1. The van der Waals surface area contributed by atoms with Crippen LogP contribution in [-0.2, 0) is 9.53 Å². The first-order valence-corrected chi connectivity index (χ1v) is 8.11. The highest BCUT2D eigenvalue weighted by Gasteiger charge is 2.35. The van der Waals surface area contributed by atoms with Gasteiger partial charge < -0.3 is 10.1 Å². The van der Waals surface area contributed by atoms with E-state index in [0.29, 0.717) is 24.4 Å². The van der Waals surface area contributed by atoms with Crippen molar-refractivity contribution in [2.45, 2.75) is 39.7 Å². The number of allylic oxidation sites excluding steroid dienone is 1. The van der Waals surface area contributed by atoms with Gasteiger partial charge in [0.1, 0.15) is 0 Å². The molecule has 0 aliphatic carbocycles. The van der Waals surface area contributed by atoms with Crippen LogP contribution < -0.4 is 5.32 Å². The predicted molar refractivity (Wildman–Crippen MR) is 88.7 cm³/mol. The third-order valence-electron chi connectivity index (χ3n) is 3.96. The molecular formula is C18H24N2O3. The van der Waals surface area contributed by atoms with Crippen molar-refractivity contribution in [1.82, 2.24) is 10.2 Å². The Morgan fingerprint density at radius 2 is 1.96 bits per heavy atom. The molecular weight excluding hydrogens is 292 g/mol. The first-order chi connectivity index (χ1) is 11.1. The minimum atomic E-state index is -0.472. The molecule has 0 bridgehead atoms. The lowest BCUT2D eigenvalue weighted by Gasteiger charge is -2.35. The van der Waals surface area contributed by atoms with E-state index >= 15 is 0 Å². The largest absolute Gasteiger partial charge is 0.463 e. The van der Waals surface area contributed by atoms with Gasteiger partial charge in [-0.25, -0.2) is 9.59 Å². The van der Waals surface area contributed by atoms with Gasteiger partial charge in [0.25, 0.3) is 0 Å². The number of nitrogens with zero attached hydrogens (tertiary/aromatic N) is 1. The highest BCUT2D eigenvalue weighted by atomic mass is 16.5. The monoisotopic (exact) mass is 316 g/mol. The van der Waals surface area contributed by atoms with E-state index < -0.39 is 6.04 Å². The summed E-state index contributed by atoms with van der Waals surface area (Å²) < 4.78 is 5.22. The Labute approximate surface area is 137 Å². The molecule has 124 valence electrons. The number of carbonyl (C=O) groups is 2. The van der Waals surface area contributed by atoms with Gasteiger partial charge in [-0.3, -0.25) is 4.90 Å². The lowest BCUT2D eigenvalue weighted by Crippen LogP contribution is -2.48. The highest BCUT2D eigenvalue weighted by Crippen LogP contribution is 2.31. The van der Waals surface area contributed by atoms with Gasteiger partial charge >= 0.3 is 12.0 Å². The van der Waals surface area contributed by atoms with Crippen LogP contribution in [0.2, 0.25) is 0 Å². The molecule has 1 atom stereocenters. The number of benzene rings is 1. The zero-order chi connectivity index (χ0) is 16.8. The van der Waals surface area contributed by atoms with E-state index in [1.54, 1.807) is 11.8 Å². The Bertz CT molecular complexity index is 596. The molecule has 5 heteroatoms. The van der Waals surface area contributed by atoms with Crippen LogP contribution >= 0.6 is 0 Å². The summed E-state index contributed by atoms with van der Waals surface area (Å²) in [4.78, 5) is 26.5. The SMILES string of the molecule is CCCCN1C(=O)N[C@@H](c2ccccc2)C(C(=O)OCC)=C1C. The molecule has 1 heterocycles. The van der Waals surface area contributed by atoms with Crippen molar-refractivity contribution in [3.63, 3.8) is 0 Å². The molecule has 0 saturated heterocycles. The van der Waals surface area contributed by atoms with E-state index in [-0.39, 0.29) is 12.0 Å². The van der Waals surface area contributed by atoms with Crippen molar-refractivity contribution in [2.75, 3.05) is 13.2 Å². The maximum atomic E-state index is 12.5. The van der Waals surface area contributed by atoms with Crippen molar-refractivity contribution >= 4 is 12.0 Å².